The Morgan fingerprint density at radius 1 is 1.16 bits per heavy atom. The molecule has 2 fully saturated rings. The van der Waals surface area contributed by atoms with E-state index >= 15 is 0 Å². The van der Waals surface area contributed by atoms with Gasteiger partial charge in [-0.2, -0.15) is 5.26 Å². The second kappa shape index (κ2) is 7.89. The van der Waals surface area contributed by atoms with Gasteiger partial charge in [0.1, 0.15) is 29.8 Å². The van der Waals surface area contributed by atoms with Crippen LogP contribution in [0.5, 0.6) is 5.75 Å². The first-order chi connectivity index (χ1) is 15.1. The lowest BCUT2D eigenvalue weighted by Crippen LogP contribution is -2.32. The molecule has 9 heteroatoms. The SMILES string of the molecule is COc1cc(N2CC3CCN(C)C3C2)ccc1-n1cnc(Nc2cnc(C#N)cn2)c1. The molecule has 2 atom stereocenters. The van der Waals surface area contributed by atoms with Gasteiger partial charge in [0.2, 0.25) is 0 Å². The molecule has 31 heavy (non-hydrogen) atoms. The third kappa shape index (κ3) is 3.66. The van der Waals surface area contributed by atoms with E-state index in [2.05, 4.69) is 55.3 Å². The Morgan fingerprint density at radius 3 is 2.81 bits per heavy atom. The minimum Gasteiger partial charge on any atom is -0.494 e. The lowest BCUT2D eigenvalue weighted by atomic mass is 10.1. The molecule has 2 unspecified atom stereocenters. The van der Waals surface area contributed by atoms with Gasteiger partial charge in [0, 0.05) is 30.9 Å². The molecule has 0 spiro atoms. The molecule has 0 saturated carbocycles. The maximum absolute atomic E-state index is 8.83. The molecular formula is C22H24N8O. The number of aromatic nitrogens is 4. The first-order valence-electron chi connectivity index (χ1n) is 10.3. The smallest absolute Gasteiger partial charge is 0.158 e. The van der Waals surface area contributed by atoms with Gasteiger partial charge >= 0.3 is 0 Å². The summed E-state index contributed by atoms with van der Waals surface area (Å²) in [7, 11) is 3.92. The predicted molar refractivity (Wildman–Crippen MR) is 117 cm³/mol. The van der Waals surface area contributed by atoms with Gasteiger partial charge in [-0.1, -0.05) is 0 Å². The highest BCUT2D eigenvalue weighted by Crippen LogP contribution is 2.36. The van der Waals surface area contributed by atoms with E-state index in [0.717, 1.165) is 30.4 Å². The van der Waals surface area contributed by atoms with Crippen LogP contribution in [-0.4, -0.2) is 64.3 Å². The minimum atomic E-state index is 0.272. The van der Waals surface area contributed by atoms with Crippen molar-refractivity contribution in [3.05, 3.63) is 48.8 Å². The molecule has 1 aromatic carbocycles. The number of methoxy groups -OCH3 is 1. The summed E-state index contributed by atoms with van der Waals surface area (Å²) >= 11 is 0. The summed E-state index contributed by atoms with van der Waals surface area (Å²) in [4.78, 5) is 17.5. The van der Waals surface area contributed by atoms with Crippen LogP contribution in [0.4, 0.5) is 17.3 Å². The van der Waals surface area contributed by atoms with Gasteiger partial charge in [-0.25, -0.2) is 15.0 Å². The van der Waals surface area contributed by atoms with E-state index in [4.69, 9.17) is 10.00 Å². The lowest BCUT2D eigenvalue weighted by Gasteiger charge is -2.23. The molecule has 158 valence electrons. The normalized spacial score (nSPS) is 20.5. The molecule has 5 rings (SSSR count). The van der Waals surface area contributed by atoms with E-state index in [1.165, 1.54) is 31.0 Å². The Balaban J connectivity index is 1.34. The highest BCUT2D eigenvalue weighted by molar-refractivity contribution is 5.61. The number of nitriles is 1. The summed E-state index contributed by atoms with van der Waals surface area (Å²) in [5, 5.41) is 11.9. The van der Waals surface area contributed by atoms with Crippen molar-refractivity contribution >= 4 is 17.3 Å². The first kappa shape index (κ1) is 19.3. The number of hydrogen-bond donors (Lipinski definition) is 1. The topological polar surface area (TPSA) is 95.1 Å². The zero-order chi connectivity index (χ0) is 21.4. The number of likely N-dealkylation sites (N-methyl/N-ethyl adjacent to an activating group) is 1. The quantitative estimate of drug-likeness (QED) is 0.678. The van der Waals surface area contributed by atoms with E-state index in [1.54, 1.807) is 13.4 Å². The Morgan fingerprint density at radius 2 is 2.06 bits per heavy atom. The van der Waals surface area contributed by atoms with Crippen molar-refractivity contribution in [1.82, 2.24) is 24.4 Å². The fraction of sp³-hybridized carbons (Fsp3) is 0.364. The Bertz CT molecular complexity index is 1120. The second-order valence-corrected chi connectivity index (χ2v) is 8.05. The molecule has 2 aliphatic heterocycles. The molecule has 0 bridgehead atoms. The Labute approximate surface area is 180 Å². The summed E-state index contributed by atoms with van der Waals surface area (Å²) in [6, 6.07) is 8.93. The molecule has 3 aromatic rings. The molecule has 0 radical (unpaired) electrons. The summed E-state index contributed by atoms with van der Waals surface area (Å²) < 4.78 is 7.62. The molecular weight excluding hydrogens is 392 g/mol. The molecule has 2 aromatic heterocycles. The number of hydrogen-bond acceptors (Lipinski definition) is 8. The number of imidazole rings is 1. The molecule has 0 amide bonds. The van der Waals surface area contributed by atoms with Crippen LogP contribution in [-0.2, 0) is 0 Å². The zero-order valence-corrected chi connectivity index (χ0v) is 17.6. The van der Waals surface area contributed by atoms with Crippen LogP contribution in [0.1, 0.15) is 12.1 Å². The highest BCUT2D eigenvalue weighted by atomic mass is 16.5. The summed E-state index contributed by atoms with van der Waals surface area (Å²) in [6.07, 6.45) is 7.81. The maximum atomic E-state index is 8.83. The summed E-state index contributed by atoms with van der Waals surface area (Å²) in [5.74, 6) is 2.70. The van der Waals surface area contributed by atoms with Gasteiger partial charge in [-0.3, -0.25) is 0 Å². The van der Waals surface area contributed by atoms with Crippen molar-refractivity contribution < 1.29 is 4.74 Å². The predicted octanol–water partition coefficient (Wildman–Crippen LogP) is 2.43. The fourth-order valence-corrected chi connectivity index (χ4v) is 4.56. The van der Waals surface area contributed by atoms with Crippen LogP contribution in [0.2, 0.25) is 0 Å². The van der Waals surface area contributed by atoms with Gasteiger partial charge in [0.15, 0.2) is 5.69 Å². The summed E-state index contributed by atoms with van der Waals surface area (Å²) in [6.45, 7) is 3.37. The van der Waals surface area contributed by atoms with Crippen LogP contribution in [0.25, 0.3) is 5.69 Å². The number of anilines is 3. The number of benzene rings is 1. The van der Waals surface area contributed by atoms with Gasteiger partial charge in [-0.15, -0.1) is 0 Å². The minimum absolute atomic E-state index is 0.272. The largest absolute Gasteiger partial charge is 0.494 e. The van der Waals surface area contributed by atoms with Crippen LogP contribution in [0.3, 0.4) is 0 Å². The van der Waals surface area contributed by atoms with E-state index in [1.807, 2.05) is 16.8 Å². The van der Waals surface area contributed by atoms with Crippen LogP contribution in [0, 0.1) is 17.2 Å². The van der Waals surface area contributed by atoms with Crippen molar-refractivity contribution in [1.29, 1.82) is 5.26 Å². The molecule has 9 nitrogen and oxygen atoms in total. The fourth-order valence-electron chi connectivity index (χ4n) is 4.56. The first-order valence-corrected chi connectivity index (χ1v) is 10.3. The lowest BCUT2D eigenvalue weighted by molar-refractivity contribution is 0.310. The molecule has 1 N–H and O–H groups in total. The van der Waals surface area contributed by atoms with Crippen molar-refractivity contribution in [2.75, 3.05) is 44.0 Å². The third-order valence-corrected chi connectivity index (χ3v) is 6.24. The van der Waals surface area contributed by atoms with Crippen molar-refractivity contribution in [2.24, 2.45) is 5.92 Å². The number of rotatable bonds is 5. The number of fused-ring (bicyclic) bond motifs is 1. The highest BCUT2D eigenvalue weighted by Gasteiger charge is 2.39. The number of nitrogens with zero attached hydrogens (tertiary/aromatic N) is 7. The van der Waals surface area contributed by atoms with Crippen molar-refractivity contribution in [3.8, 4) is 17.5 Å². The van der Waals surface area contributed by atoms with Crippen molar-refractivity contribution in [2.45, 2.75) is 12.5 Å². The average Bonchev–Trinajstić information content (AvgIpc) is 3.52. The van der Waals surface area contributed by atoms with Gasteiger partial charge in [0.25, 0.3) is 0 Å². The molecule has 4 heterocycles. The van der Waals surface area contributed by atoms with Gasteiger partial charge < -0.3 is 24.4 Å². The van der Waals surface area contributed by atoms with Crippen LogP contribution < -0.4 is 15.0 Å². The van der Waals surface area contributed by atoms with Gasteiger partial charge in [0.05, 0.1) is 31.4 Å². The van der Waals surface area contributed by atoms with Crippen LogP contribution >= 0.6 is 0 Å². The number of ether oxygens (including phenoxy) is 1. The molecule has 2 aliphatic rings. The van der Waals surface area contributed by atoms with E-state index in [0.29, 0.717) is 17.7 Å². The maximum Gasteiger partial charge on any atom is 0.158 e. The Kier molecular flexibility index (Phi) is 4.92. The van der Waals surface area contributed by atoms with E-state index in [-0.39, 0.29) is 5.69 Å². The molecule has 0 aliphatic carbocycles. The van der Waals surface area contributed by atoms with Crippen LogP contribution in [0.15, 0.2) is 43.1 Å². The Hall–Kier alpha value is -3.64. The zero-order valence-electron chi connectivity index (χ0n) is 17.6. The van der Waals surface area contributed by atoms with Crippen molar-refractivity contribution in [3.63, 3.8) is 0 Å². The van der Waals surface area contributed by atoms with E-state index < -0.39 is 0 Å². The van der Waals surface area contributed by atoms with Gasteiger partial charge in [-0.05, 0) is 38.1 Å². The standard InChI is InChI=1S/C22H24N8O/c1-28-6-5-15-11-29(12-19(15)28)17-3-4-18(20(7-17)31-2)30-13-22(26-14-30)27-21-10-24-16(8-23)9-25-21/h3-4,7,9-10,13-15,19H,5-6,11-12H2,1-2H3,(H,25,27). The monoisotopic (exact) mass is 416 g/mol. The number of nitrogens with one attached hydrogen (secondary N) is 1. The second-order valence-electron chi connectivity index (χ2n) is 8.05. The summed E-state index contributed by atoms with van der Waals surface area (Å²) in [5.41, 5.74) is 2.37. The average molecular weight is 416 g/mol. The number of likely N-dealkylation sites (tertiary alicyclic amines) is 1. The van der Waals surface area contributed by atoms with E-state index in [9.17, 15) is 0 Å². The third-order valence-electron chi connectivity index (χ3n) is 6.24. The molecule has 2 saturated heterocycles.